The number of nitrogens with two attached hydrogens (primary N) is 1. The van der Waals surface area contributed by atoms with Gasteiger partial charge in [0.25, 0.3) is 0 Å². The van der Waals surface area contributed by atoms with E-state index in [1.54, 1.807) is 0 Å². The summed E-state index contributed by atoms with van der Waals surface area (Å²) in [6.45, 7) is 6.00. The third-order valence-electron chi connectivity index (χ3n) is 4.24. The Labute approximate surface area is 144 Å². The number of hydrogen-bond donors (Lipinski definition) is 2. The summed E-state index contributed by atoms with van der Waals surface area (Å²) in [5.41, 5.74) is 6.91. The molecule has 0 spiro atoms. The summed E-state index contributed by atoms with van der Waals surface area (Å²) in [6.07, 6.45) is 1.01. The molecule has 0 aromatic heterocycles. The summed E-state index contributed by atoms with van der Waals surface area (Å²) >= 11 is 0. The number of rotatable bonds is 7. The van der Waals surface area contributed by atoms with Crippen LogP contribution in [0.1, 0.15) is 25.3 Å². The molecule has 0 radical (unpaired) electrons. The third kappa shape index (κ3) is 6.29. The van der Waals surface area contributed by atoms with Gasteiger partial charge in [-0.15, -0.1) is 0 Å². The molecule has 1 aliphatic rings. The highest BCUT2D eigenvalue weighted by Gasteiger charge is 2.21. The van der Waals surface area contributed by atoms with E-state index in [4.69, 9.17) is 5.73 Å². The molecule has 0 bridgehead atoms. The van der Waals surface area contributed by atoms with Gasteiger partial charge in [0.2, 0.25) is 11.8 Å². The molecule has 132 valence electrons. The molecule has 2 amide bonds. The first-order valence-electron chi connectivity index (χ1n) is 8.61. The van der Waals surface area contributed by atoms with Crippen molar-refractivity contribution in [2.75, 3.05) is 32.7 Å². The standard InChI is InChI=1S/C18H28N4O2/c1-15(19)7-8-17(23)20-13-18(24)22-11-9-21(10-12-22)14-16-5-3-2-4-6-16/h2-6,15H,7-14,19H2,1H3,(H,20,23). The molecule has 6 heteroatoms. The normalized spacial score (nSPS) is 16.7. The second-order valence-corrected chi connectivity index (χ2v) is 6.44. The second kappa shape index (κ2) is 9.39. The average Bonchev–Trinajstić information content (AvgIpc) is 2.59. The zero-order valence-electron chi connectivity index (χ0n) is 14.4. The summed E-state index contributed by atoms with van der Waals surface area (Å²) in [4.78, 5) is 28.0. The van der Waals surface area contributed by atoms with Crippen molar-refractivity contribution in [1.29, 1.82) is 0 Å². The molecule has 1 fully saturated rings. The lowest BCUT2D eigenvalue weighted by atomic mass is 10.2. The van der Waals surface area contributed by atoms with Crippen molar-refractivity contribution in [2.45, 2.75) is 32.4 Å². The Hall–Kier alpha value is -1.92. The van der Waals surface area contributed by atoms with Crippen molar-refractivity contribution in [3.63, 3.8) is 0 Å². The van der Waals surface area contributed by atoms with Gasteiger partial charge in [0.15, 0.2) is 0 Å². The number of nitrogens with one attached hydrogen (secondary N) is 1. The fourth-order valence-corrected chi connectivity index (χ4v) is 2.73. The van der Waals surface area contributed by atoms with Crippen molar-refractivity contribution >= 4 is 11.8 Å². The van der Waals surface area contributed by atoms with E-state index in [9.17, 15) is 9.59 Å². The predicted octanol–water partition coefficient (Wildman–Crippen LogP) is 0.574. The number of amides is 2. The fraction of sp³-hybridized carbons (Fsp3) is 0.556. The minimum Gasteiger partial charge on any atom is -0.347 e. The second-order valence-electron chi connectivity index (χ2n) is 6.44. The Kier molecular flexibility index (Phi) is 7.21. The average molecular weight is 332 g/mol. The van der Waals surface area contributed by atoms with E-state index in [1.807, 2.05) is 30.0 Å². The molecule has 6 nitrogen and oxygen atoms in total. The van der Waals surface area contributed by atoms with E-state index in [0.29, 0.717) is 25.9 Å². The Bertz CT molecular complexity index is 525. The van der Waals surface area contributed by atoms with Crippen LogP contribution in [0.2, 0.25) is 0 Å². The molecule has 1 unspecified atom stereocenters. The summed E-state index contributed by atoms with van der Waals surface area (Å²) in [7, 11) is 0. The Balaban J connectivity index is 1.66. The van der Waals surface area contributed by atoms with Crippen molar-refractivity contribution < 1.29 is 9.59 Å². The molecule has 1 saturated heterocycles. The van der Waals surface area contributed by atoms with Crippen LogP contribution in [0.3, 0.4) is 0 Å². The molecular weight excluding hydrogens is 304 g/mol. The van der Waals surface area contributed by atoms with Crippen LogP contribution in [0.15, 0.2) is 30.3 Å². The predicted molar refractivity (Wildman–Crippen MR) is 94.2 cm³/mol. The molecule has 2 rings (SSSR count). The smallest absolute Gasteiger partial charge is 0.242 e. The van der Waals surface area contributed by atoms with Gasteiger partial charge in [-0.05, 0) is 18.9 Å². The van der Waals surface area contributed by atoms with Gasteiger partial charge >= 0.3 is 0 Å². The van der Waals surface area contributed by atoms with E-state index in [0.717, 1.165) is 19.6 Å². The fourth-order valence-electron chi connectivity index (χ4n) is 2.73. The van der Waals surface area contributed by atoms with Gasteiger partial charge in [-0.3, -0.25) is 14.5 Å². The van der Waals surface area contributed by atoms with Crippen LogP contribution in [0, 0.1) is 0 Å². The summed E-state index contributed by atoms with van der Waals surface area (Å²) in [5.74, 6) is -0.119. The number of benzene rings is 1. The highest BCUT2D eigenvalue weighted by Crippen LogP contribution is 2.08. The highest BCUT2D eigenvalue weighted by molar-refractivity contribution is 5.84. The Morgan fingerprint density at radius 1 is 1.17 bits per heavy atom. The maximum atomic E-state index is 12.2. The topological polar surface area (TPSA) is 78.7 Å². The van der Waals surface area contributed by atoms with Crippen molar-refractivity contribution in [1.82, 2.24) is 15.1 Å². The van der Waals surface area contributed by atoms with Crippen molar-refractivity contribution in [2.24, 2.45) is 5.73 Å². The van der Waals surface area contributed by atoms with E-state index in [2.05, 4.69) is 22.3 Å². The van der Waals surface area contributed by atoms with E-state index < -0.39 is 0 Å². The molecule has 1 aliphatic heterocycles. The molecule has 0 saturated carbocycles. The number of hydrogen-bond acceptors (Lipinski definition) is 4. The molecule has 1 aromatic rings. The lowest BCUT2D eigenvalue weighted by Gasteiger charge is -2.34. The van der Waals surface area contributed by atoms with Crippen LogP contribution in [0.4, 0.5) is 0 Å². The zero-order valence-corrected chi connectivity index (χ0v) is 14.4. The van der Waals surface area contributed by atoms with E-state index in [-0.39, 0.29) is 24.4 Å². The number of carbonyl (C=O) groups is 2. The monoisotopic (exact) mass is 332 g/mol. The maximum absolute atomic E-state index is 12.2. The third-order valence-corrected chi connectivity index (χ3v) is 4.24. The van der Waals surface area contributed by atoms with Gasteiger partial charge in [0.1, 0.15) is 0 Å². The van der Waals surface area contributed by atoms with Gasteiger partial charge < -0.3 is 16.0 Å². The van der Waals surface area contributed by atoms with Crippen LogP contribution in [-0.4, -0.2) is 60.4 Å². The van der Waals surface area contributed by atoms with Crippen LogP contribution >= 0.6 is 0 Å². The molecular formula is C18H28N4O2. The Morgan fingerprint density at radius 3 is 2.46 bits per heavy atom. The lowest BCUT2D eigenvalue weighted by molar-refractivity contribution is -0.134. The van der Waals surface area contributed by atoms with Crippen LogP contribution in [0.5, 0.6) is 0 Å². The van der Waals surface area contributed by atoms with Crippen LogP contribution < -0.4 is 11.1 Å². The van der Waals surface area contributed by atoms with Gasteiger partial charge in [-0.2, -0.15) is 0 Å². The molecule has 0 aliphatic carbocycles. The van der Waals surface area contributed by atoms with Gasteiger partial charge in [-0.25, -0.2) is 0 Å². The first-order valence-corrected chi connectivity index (χ1v) is 8.61. The van der Waals surface area contributed by atoms with Crippen molar-refractivity contribution in [3.05, 3.63) is 35.9 Å². The molecule has 1 heterocycles. The van der Waals surface area contributed by atoms with E-state index in [1.165, 1.54) is 5.56 Å². The molecule has 3 N–H and O–H groups in total. The van der Waals surface area contributed by atoms with E-state index >= 15 is 0 Å². The van der Waals surface area contributed by atoms with Crippen molar-refractivity contribution in [3.8, 4) is 0 Å². The van der Waals surface area contributed by atoms with Crippen LogP contribution in [0.25, 0.3) is 0 Å². The number of nitrogens with zero attached hydrogens (tertiary/aromatic N) is 2. The largest absolute Gasteiger partial charge is 0.347 e. The SMILES string of the molecule is CC(N)CCC(=O)NCC(=O)N1CCN(Cc2ccccc2)CC1. The molecule has 24 heavy (non-hydrogen) atoms. The first-order chi connectivity index (χ1) is 11.5. The quantitative estimate of drug-likeness (QED) is 0.765. The zero-order chi connectivity index (χ0) is 17.4. The first kappa shape index (κ1) is 18.4. The van der Waals surface area contributed by atoms with Gasteiger partial charge in [-0.1, -0.05) is 30.3 Å². The highest BCUT2D eigenvalue weighted by atomic mass is 16.2. The number of carbonyl (C=O) groups excluding carboxylic acids is 2. The summed E-state index contributed by atoms with van der Waals surface area (Å²) < 4.78 is 0. The summed E-state index contributed by atoms with van der Waals surface area (Å²) in [5, 5.41) is 2.69. The Morgan fingerprint density at radius 2 is 1.83 bits per heavy atom. The molecule has 1 atom stereocenters. The number of piperazine rings is 1. The van der Waals surface area contributed by atoms with Gasteiger partial charge in [0, 0.05) is 45.2 Å². The summed E-state index contributed by atoms with van der Waals surface area (Å²) in [6, 6.07) is 10.4. The molecule has 1 aromatic carbocycles. The minimum atomic E-state index is -0.108. The lowest BCUT2D eigenvalue weighted by Crippen LogP contribution is -2.50. The van der Waals surface area contributed by atoms with Crippen LogP contribution in [-0.2, 0) is 16.1 Å². The minimum absolute atomic E-state index is 0.00384. The van der Waals surface area contributed by atoms with Gasteiger partial charge in [0.05, 0.1) is 6.54 Å². The maximum Gasteiger partial charge on any atom is 0.242 e.